The van der Waals surface area contributed by atoms with Crippen molar-refractivity contribution in [3.05, 3.63) is 94.5 Å². The van der Waals surface area contributed by atoms with Gasteiger partial charge >= 0.3 is 0 Å². The van der Waals surface area contributed by atoms with E-state index in [0.29, 0.717) is 16.3 Å². The minimum Gasteiger partial charge on any atom is -0.495 e. The Hall–Kier alpha value is -3.56. The fourth-order valence-electron chi connectivity index (χ4n) is 5.50. The number of carbonyl (C=O) groups excluding carboxylic acids is 2. The van der Waals surface area contributed by atoms with Gasteiger partial charge in [-0.25, -0.2) is 8.42 Å². The second kappa shape index (κ2) is 14.8. The van der Waals surface area contributed by atoms with Crippen LogP contribution in [0.15, 0.2) is 72.8 Å². The lowest BCUT2D eigenvalue weighted by atomic mass is 9.94. The highest BCUT2D eigenvalue weighted by atomic mass is 35.5. The van der Waals surface area contributed by atoms with Gasteiger partial charge in [-0.2, -0.15) is 0 Å². The number of nitrogens with one attached hydrogen (secondary N) is 1. The molecule has 0 aromatic heterocycles. The first-order chi connectivity index (χ1) is 20.6. The lowest BCUT2D eigenvalue weighted by Gasteiger charge is -2.35. The molecular weight excluding hydrogens is 586 g/mol. The summed E-state index contributed by atoms with van der Waals surface area (Å²) in [4.78, 5) is 29.9. The van der Waals surface area contributed by atoms with Crippen LogP contribution < -0.4 is 14.4 Å². The van der Waals surface area contributed by atoms with Crippen LogP contribution in [0.25, 0.3) is 0 Å². The van der Waals surface area contributed by atoms with Crippen LogP contribution in [0.2, 0.25) is 5.02 Å². The number of rotatable bonds is 12. The number of nitrogens with zero attached hydrogens (tertiary/aromatic N) is 2. The second-order valence-electron chi connectivity index (χ2n) is 11.1. The average molecular weight is 626 g/mol. The first-order valence-electron chi connectivity index (χ1n) is 14.6. The van der Waals surface area contributed by atoms with E-state index < -0.39 is 28.5 Å². The van der Waals surface area contributed by atoms with E-state index in [2.05, 4.69) is 5.32 Å². The largest absolute Gasteiger partial charge is 0.495 e. The van der Waals surface area contributed by atoms with Gasteiger partial charge in [-0.1, -0.05) is 85.5 Å². The summed E-state index contributed by atoms with van der Waals surface area (Å²) in [5, 5.41) is 3.65. The minimum absolute atomic E-state index is 0.0245. The number of anilines is 1. The van der Waals surface area contributed by atoms with Gasteiger partial charge in [-0.15, -0.1) is 0 Å². The Bertz CT molecular complexity index is 1510. The summed E-state index contributed by atoms with van der Waals surface area (Å²) >= 11 is 6.54. The summed E-state index contributed by atoms with van der Waals surface area (Å²) in [5.74, 6) is -0.485. The molecule has 8 nitrogen and oxygen atoms in total. The highest BCUT2D eigenvalue weighted by molar-refractivity contribution is 7.92. The molecule has 3 aromatic carbocycles. The molecule has 1 atom stereocenters. The van der Waals surface area contributed by atoms with Gasteiger partial charge in [0.1, 0.15) is 18.3 Å². The smallest absolute Gasteiger partial charge is 0.244 e. The maximum Gasteiger partial charge on any atom is 0.244 e. The maximum absolute atomic E-state index is 14.4. The number of hydrogen-bond donors (Lipinski definition) is 1. The Labute approximate surface area is 260 Å². The summed E-state index contributed by atoms with van der Waals surface area (Å²) < 4.78 is 32.8. The zero-order chi connectivity index (χ0) is 31.0. The standard InChI is InChI=1S/C33H40ClN3O5S/c1-24-18-19-31(42-2)29(20-24)37(43(3,40)41)23-32(38)36(22-26-14-10-11-17-28(26)34)30(21-25-12-6-4-7-13-25)33(39)35-27-15-8-5-9-16-27/h4,6-7,10-14,17-20,27,30H,5,8-9,15-16,21-23H2,1-3H3,(H,35,39)/t30-/m0/s1. The molecule has 0 aliphatic heterocycles. The third-order valence-electron chi connectivity index (χ3n) is 7.80. The molecule has 1 N–H and O–H groups in total. The number of sulfonamides is 1. The van der Waals surface area contributed by atoms with Gasteiger partial charge in [0.25, 0.3) is 0 Å². The number of benzene rings is 3. The number of methoxy groups -OCH3 is 1. The van der Waals surface area contributed by atoms with Crippen LogP contribution in [-0.2, 0) is 32.6 Å². The van der Waals surface area contributed by atoms with Crippen molar-refractivity contribution in [2.45, 2.75) is 64.1 Å². The highest BCUT2D eigenvalue weighted by Crippen LogP contribution is 2.31. The lowest BCUT2D eigenvalue weighted by Crippen LogP contribution is -2.55. The number of amides is 2. The Morgan fingerprint density at radius 2 is 1.67 bits per heavy atom. The van der Waals surface area contributed by atoms with Crippen molar-refractivity contribution in [2.75, 3.05) is 24.2 Å². The van der Waals surface area contributed by atoms with Crippen LogP contribution in [0.3, 0.4) is 0 Å². The molecule has 4 rings (SSSR count). The van der Waals surface area contributed by atoms with Gasteiger partial charge in [0, 0.05) is 24.0 Å². The van der Waals surface area contributed by atoms with Crippen LogP contribution in [-0.4, -0.2) is 57.1 Å². The Kier molecular flexibility index (Phi) is 11.1. The minimum atomic E-state index is -3.93. The van der Waals surface area contributed by atoms with Crippen LogP contribution >= 0.6 is 11.6 Å². The molecule has 0 saturated heterocycles. The highest BCUT2D eigenvalue weighted by Gasteiger charge is 2.35. The Morgan fingerprint density at radius 1 is 1.00 bits per heavy atom. The van der Waals surface area contributed by atoms with E-state index in [-0.39, 0.29) is 30.6 Å². The zero-order valence-corrected chi connectivity index (χ0v) is 26.5. The third kappa shape index (κ3) is 8.74. The Balaban J connectivity index is 1.76. The number of aryl methyl sites for hydroxylation is 1. The summed E-state index contributed by atoms with van der Waals surface area (Å²) in [6, 6.07) is 20.9. The fourth-order valence-corrected chi connectivity index (χ4v) is 6.54. The molecule has 0 spiro atoms. The van der Waals surface area contributed by atoms with E-state index in [4.69, 9.17) is 16.3 Å². The third-order valence-corrected chi connectivity index (χ3v) is 9.30. The van der Waals surface area contributed by atoms with Gasteiger partial charge in [0.05, 0.1) is 19.1 Å². The molecule has 1 aliphatic rings. The first-order valence-corrected chi connectivity index (χ1v) is 16.8. The molecule has 0 heterocycles. The molecule has 1 saturated carbocycles. The fraction of sp³-hybridized carbons (Fsp3) is 0.394. The van der Waals surface area contributed by atoms with Gasteiger partial charge in [-0.05, 0) is 54.7 Å². The van der Waals surface area contributed by atoms with Crippen molar-refractivity contribution < 1.29 is 22.7 Å². The average Bonchev–Trinajstić information content (AvgIpc) is 2.99. The van der Waals surface area contributed by atoms with Crippen molar-refractivity contribution in [1.82, 2.24) is 10.2 Å². The van der Waals surface area contributed by atoms with Crippen LogP contribution in [0, 0.1) is 6.92 Å². The lowest BCUT2D eigenvalue weighted by molar-refractivity contribution is -0.140. The normalized spacial score (nSPS) is 14.5. The number of carbonyl (C=O) groups is 2. The summed E-state index contributed by atoms with van der Waals surface area (Å²) in [6.07, 6.45) is 6.30. The summed E-state index contributed by atoms with van der Waals surface area (Å²) in [7, 11) is -2.48. The van der Waals surface area contributed by atoms with Gasteiger partial charge in [-0.3, -0.25) is 13.9 Å². The Morgan fingerprint density at radius 3 is 2.33 bits per heavy atom. The molecule has 43 heavy (non-hydrogen) atoms. The molecule has 10 heteroatoms. The predicted molar refractivity (Wildman–Crippen MR) is 171 cm³/mol. The van der Waals surface area contributed by atoms with Crippen molar-refractivity contribution in [3.63, 3.8) is 0 Å². The van der Waals surface area contributed by atoms with E-state index in [0.717, 1.165) is 53.8 Å². The van der Waals surface area contributed by atoms with Crippen LogP contribution in [0.4, 0.5) is 5.69 Å². The topological polar surface area (TPSA) is 96.0 Å². The maximum atomic E-state index is 14.4. The van der Waals surface area contributed by atoms with Crippen molar-refractivity contribution in [1.29, 1.82) is 0 Å². The summed E-state index contributed by atoms with van der Waals surface area (Å²) in [5.41, 5.74) is 2.59. The molecular formula is C33H40ClN3O5S. The zero-order valence-electron chi connectivity index (χ0n) is 25.0. The van der Waals surface area contributed by atoms with Crippen molar-refractivity contribution in [3.8, 4) is 5.75 Å². The van der Waals surface area contributed by atoms with Gasteiger partial charge in [0.2, 0.25) is 21.8 Å². The number of hydrogen-bond acceptors (Lipinski definition) is 5. The molecule has 230 valence electrons. The molecule has 0 radical (unpaired) electrons. The molecule has 0 bridgehead atoms. The first kappa shape index (κ1) is 32.4. The van der Waals surface area contributed by atoms with E-state index in [1.807, 2.05) is 43.3 Å². The van der Waals surface area contributed by atoms with Gasteiger partial charge in [0.15, 0.2) is 0 Å². The molecule has 1 fully saturated rings. The molecule has 1 aliphatic carbocycles. The number of halogens is 1. The van der Waals surface area contributed by atoms with Gasteiger partial charge < -0.3 is 15.0 Å². The van der Waals surface area contributed by atoms with Crippen LogP contribution in [0.1, 0.15) is 48.8 Å². The monoisotopic (exact) mass is 625 g/mol. The SMILES string of the molecule is COc1ccc(C)cc1N(CC(=O)N(Cc1ccccc1Cl)[C@@H](Cc1ccccc1)C(=O)NC1CCCCC1)S(C)(=O)=O. The van der Waals surface area contributed by atoms with Crippen LogP contribution in [0.5, 0.6) is 5.75 Å². The number of ether oxygens (including phenoxy) is 1. The van der Waals surface area contributed by atoms with E-state index in [1.54, 1.807) is 36.4 Å². The predicted octanol–water partition coefficient (Wildman–Crippen LogP) is 5.51. The van der Waals surface area contributed by atoms with Crippen molar-refractivity contribution in [2.24, 2.45) is 0 Å². The molecule has 2 amide bonds. The van der Waals surface area contributed by atoms with E-state index in [9.17, 15) is 18.0 Å². The second-order valence-corrected chi connectivity index (χ2v) is 13.4. The van der Waals surface area contributed by atoms with E-state index in [1.165, 1.54) is 12.0 Å². The summed E-state index contributed by atoms with van der Waals surface area (Å²) in [6.45, 7) is 1.34. The van der Waals surface area contributed by atoms with E-state index >= 15 is 0 Å². The quantitative estimate of drug-likeness (QED) is 0.286. The van der Waals surface area contributed by atoms with Crippen molar-refractivity contribution >= 4 is 39.1 Å². The molecule has 3 aromatic rings. The molecule has 0 unspecified atom stereocenters.